The Morgan fingerprint density at radius 2 is 1.04 bits per heavy atom. The van der Waals surface area contributed by atoms with Gasteiger partial charge in [0.25, 0.3) is 0 Å². The summed E-state index contributed by atoms with van der Waals surface area (Å²) in [6.07, 6.45) is 1.92. The third-order valence-electron chi connectivity index (χ3n) is 12.1. The Bertz CT molecular complexity index is 2860. The highest BCUT2D eigenvalue weighted by molar-refractivity contribution is 6.10. The number of hydrogen-bond donors (Lipinski definition) is 0. The molecule has 11 rings (SSSR count). The minimum Gasteiger partial charge on any atom is -0.308 e. The van der Waals surface area contributed by atoms with Crippen molar-refractivity contribution >= 4 is 21.9 Å². The van der Waals surface area contributed by atoms with Crippen molar-refractivity contribution in [1.29, 1.82) is 0 Å². The van der Waals surface area contributed by atoms with Crippen LogP contribution in [0.2, 0.25) is 0 Å². The molecule has 2 aliphatic rings. The fourth-order valence-corrected chi connectivity index (χ4v) is 9.73. The van der Waals surface area contributed by atoms with Crippen LogP contribution in [-0.2, 0) is 10.8 Å². The van der Waals surface area contributed by atoms with E-state index < -0.39 is 5.41 Å². The lowest BCUT2D eigenvalue weighted by Gasteiger charge is -2.33. The highest BCUT2D eigenvalue weighted by atomic mass is 15.0. The van der Waals surface area contributed by atoms with Gasteiger partial charge < -0.3 is 4.57 Å². The predicted molar refractivity (Wildman–Crippen MR) is 219 cm³/mol. The first-order valence-corrected chi connectivity index (χ1v) is 18.5. The standard InChI is InChI=1S/C51H36N2/c1-50(2)43-20-11-9-18-38(43)40-28-25-34(30-45(40)50)33-23-26-37(27-24-33)53-47-22-13-29-52-49(47)42-31-46-41(32-48(42)53)39-19-10-12-21-44(39)51(46,35-14-5-3-6-15-35)36-16-7-4-8-17-36/h3-32H,1-2H3. The van der Waals surface area contributed by atoms with E-state index in [-0.39, 0.29) is 5.41 Å². The lowest BCUT2D eigenvalue weighted by molar-refractivity contribution is 0.660. The average Bonchev–Trinajstić information content (AvgIpc) is 3.79. The highest BCUT2D eigenvalue weighted by Gasteiger charge is 2.46. The van der Waals surface area contributed by atoms with Gasteiger partial charge in [-0.25, -0.2) is 0 Å². The van der Waals surface area contributed by atoms with Crippen LogP contribution in [0.5, 0.6) is 0 Å². The molecular weight excluding hydrogens is 641 g/mol. The van der Waals surface area contributed by atoms with Crippen LogP contribution in [-0.4, -0.2) is 9.55 Å². The summed E-state index contributed by atoms with van der Waals surface area (Å²) in [6, 6.07) is 65.1. The van der Waals surface area contributed by atoms with Gasteiger partial charge in [0, 0.05) is 22.7 Å². The van der Waals surface area contributed by atoms with Gasteiger partial charge in [0.2, 0.25) is 0 Å². The Hall–Kier alpha value is -6.51. The highest BCUT2D eigenvalue weighted by Crippen LogP contribution is 2.57. The van der Waals surface area contributed by atoms with E-state index >= 15 is 0 Å². The lowest BCUT2D eigenvalue weighted by Crippen LogP contribution is -2.28. The molecule has 0 bridgehead atoms. The smallest absolute Gasteiger partial charge is 0.0963 e. The Balaban J connectivity index is 1.11. The molecule has 53 heavy (non-hydrogen) atoms. The number of hydrogen-bond acceptors (Lipinski definition) is 1. The van der Waals surface area contributed by atoms with E-state index in [9.17, 15) is 0 Å². The Labute approximate surface area is 309 Å². The topological polar surface area (TPSA) is 17.8 Å². The molecule has 7 aromatic carbocycles. The fraction of sp³-hybridized carbons (Fsp3) is 0.0784. The second-order valence-corrected chi connectivity index (χ2v) is 15.1. The summed E-state index contributed by atoms with van der Waals surface area (Å²) in [7, 11) is 0. The van der Waals surface area contributed by atoms with E-state index in [1.54, 1.807) is 0 Å². The van der Waals surface area contributed by atoms with E-state index in [0.29, 0.717) is 0 Å². The van der Waals surface area contributed by atoms with Crippen molar-refractivity contribution in [3.63, 3.8) is 0 Å². The molecule has 0 atom stereocenters. The van der Waals surface area contributed by atoms with E-state index in [1.807, 2.05) is 6.20 Å². The van der Waals surface area contributed by atoms with Crippen molar-refractivity contribution < 1.29 is 0 Å². The zero-order valence-electron chi connectivity index (χ0n) is 29.7. The zero-order chi connectivity index (χ0) is 35.3. The Morgan fingerprint density at radius 1 is 0.434 bits per heavy atom. The third-order valence-corrected chi connectivity index (χ3v) is 12.1. The van der Waals surface area contributed by atoms with E-state index in [2.05, 4.69) is 194 Å². The molecule has 0 fully saturated rings. The molecule has 0 saturated heterocycles. The molecule has 250 valence electrons. The van der Waals surface area contributed by atoms with Gasteiger partial charge >= 0.3 is 0 Å². The van der Waals surface area contributed by atoms with Crippen LogP contribution in [0.3, 0.4) is 0 Å². The largest absolute Gasteiger partial charge is 0.308 e. The summed E-state index contributed by atoms with van der Waals surface area (Å²) in [5.74, 6) is 0. The van der Waals surface area contributed by atoms with Crippen LogP contribution in [0.15, 0.2) is 182 Å². The minimum atomic E-state index is -0.459. The summed E-state index contributed by atoms with van der Waals surface area (Å²) in [5.41, 5.74) is 19.6. The molecule has 9 aromatic rings. The summed E-state index contributed by atoms with van der Waals surface area (Å²) in [6.45, 7) is 4.69. The molecule has 2 heteroatoms. The molecule has 2 heterocycles. The molecular formula is C51H36N2. The molecule has 0 radical (unpaired) electrons. The number of fused-ring (bicyclic) bond motifs is 9. The van der Waals surface area contributed by atoms with Gasteiger partial charge in [0.1, 0.15) is 0 Å². The van der Waals surface area contributed by atoms with Crippen LogP contribution in [0.1, 0.15) is 47.2 Å². The van der Waals surface area contributed by atoms with Crippen molar-refractivity contribution in [3.05, 3.63) is 216 Å². The maximum Gasteiger partial charge on any atom is 0.0963 e. The molecule has 0 N–H and O–H groups in total. The predicted octanol–water partition coefficient (Wildman–Crippen LogP) is 12.5. The second kappa shape index (κ2) is 11.0. The van der Waals surface area contributed by atoms with Crippen molar-refractivity contribution in [3.8, 4) is 39.1 Å². The SMILES string of the molecule is CC1(C)c2ccccc2-c2ccc(-c3ccc(-n4c5cc6c(cc5c5ncccc54)C(c4ccccc4)(c4ccccc4)c4ccccc4-6)cc3)cc21. The van der Waals surface area contributed by atoms with Crippen LogP contribution in [0.25, 0.3) is 61.0 Å². The van der Waals surface area contributed by atoms with Gasteiger partial charge in [-0.1, -0.05) is 147 Å². The molecule has 2 aromatic heterocycles. The lowest BCUT2D eigenvalue weighted by atomic mass is 9.67. The first-order chi connectivity index (χ1) is 26.0. The van der Waals surface area contributed by atoms with Gasteiger partial charge in [-0.15, -0.1) is 0 Å². The van der Waals surface area contributed by atoms with Gasteiger partial charge in [-0.2, -0.15) is 0 Å². The average molecular weight is 677 g/mol. The zero-order valence-corrected chi connectivity index (χ0v) is 29.7. The number of pyridine rings is 1. The van der Waals surface area contributed by atoms with Crippen molar-refractivity contribution in [2.45, 2.75) is 24.7 Å². The minimum absolute atomic E-state index is 0.0324. The normalized spacial score (nSPS) is 14.5. The molecule has 0 amide bonds. The quantitative estimate of drug-likeness (QED) is 0.181. The van der Waals surface area contributed by atoms with Crippen molar-refractivity contribution in [2.75, 3.05) is 0 Å². The van der Waals surface area contributed by atoms with Gasteiger partial charge in [-0.05, 0) is 109 Å². The van der Waals surface area contributed by atoms with Crippen LogP contribution in [0.4, 0.5) is 0 Å². The maximum absolute atomic E-state index is 5.03. The molecule has 0 unspecified atom stereocenters. The molecule has 2 aliphatic carbocycles. The molecule has 0 saturated carbocycles. The van der Waals surface area contributed by atoms with Gasteiger partial charge in [-0.3, -0.25) is 4.98 Å². The molecule has 0 aliphatic heterocycles. The van der Waals surface area contributed by atoms with Gasteiger partial charge in [0.15, 0.2) is 0 Å². The number of benzene rings is 7. The van der Waals surface area contributed by atoms with Crippen LogP contribution >= 0.6 is 0 Å². The molecule has 2 nitrogen and oxygen atoms in total. The summed E-state index contributed by atoms with van der Waals surface area (Å²) < 4.78 is 2.40. The monoisotopic (exact) mass is 676 g/mol. The van der Waals surface area contributed by atoms with Crippen molar-refractivity contribution in [1.82, 2.24) is 9.55 Å². The number of nitrogens with zero attached hydrogens (tertiary/aromatic N) is 2. The van der Waals surface area contributed by atoms with Crippen LogP contribution in [0, 0.1) is 0 Å². The first-order valence-electron chi connectivity index (χ1n) is 18.5. The molecule has 0 spiro atoms. The fourth-order valence-electron chi connectivity index (χ4n) is 9.73. The van der Waals surface area contributed by atoms with Gasteiger partial charge in [0.05, 0.1) is 22.0 Å². The first kappa shape index (κ1) is 30.1. The Kier molecular flexibility index (Phi) is 6.25. The van der Waals surface area contributed by atoms with Crippen molar-refractivity contribution in [2.24, 2.45) is 0 Å². The maximum atomic E-state index is 5.03. The third kappa shape index (κ3) is 4.06. The number of rotatable bonds is 4. The summed E-state index contributed by atoms with van der Waals surface area (Å²) >= 11 is 0. The van der Waals surface area contributed by atoms with Crippen LogP contribution < -0.4 is 0 Å². The van der Waals surface area contributed by atoms with E-state index in [4.69, 9.17) is 4.98 Å². The Morgan fingerprint density at radius 3 is 1.75 bits per heavy atom. The van der Waals surface area contributed by atoms with E-state index in [0.717, 1.165) is 27.6 Å². The summed E-state index contributed by atoms with van der Waals surface area (Å²) in [5, 5.41) is 1.16. The summed E-state index contributed by atoms with van der Waals surface area (Å²) in [4.78, 5) is 5.03. The van der Waals surface area contributed by atoms with E-state index in [1.165, 1.54) is 66.8 Å². The number of aromatic nitrogens is 2. The second-order valence-electron chi connectivity index (χ2n) is 15.1.